The predicted molar refractivity (Wildman–Crippen MR) is 90.1 cm³/mol. The molecule has 0 atom stereocenters. The highest BCUT2D eigenvalue weighted by Gasteiger charge is 2.12. The Morgan fingerprint density at radius 1 is 1.19 bits per heavy atom. The number of pyridine rings is 1. The van der Waals surface area contributed by atoms with Gasteiger partial charge in [-0.2, -0.15) is 0 Å². The molecule has 0 amide bonds. The van der Waals surface area contributed by atoms with Crippen LogP contribution < -0.4 is 10.2 Å². The van der Waals surface area contributed by atoms with Crippen LogP contribution in [0, 0.1) is 6.92 Å². The van der Waals surface area contributed by atoms with Crippen LogP contribution in [0.3, 0.4) is 0 Å². The summed E-state index contributed by atoms with van der Waals surface area (Å²) in [7, 11) is 1.96. The molecule has 0 radical (unpaired) electrons. The number of aromatic nitrogens is 1. The van der Waals surface area contributed by atoms with Gasteiger partial charge < -0.3 is 10.2 Å². The summed E-state index contributed by atoms with van der Waals surface area (Å²) in [5, 5.41) is 3.17. The van der Waals surface area contributed by atoms with Gasteiger partial charge in [0.25, 0.3) is 0 Å². The number of nitrogens with zero attached hydrogens (tertiary/aromatic N) is 2. The molecule has 1 aromatic heterocycles. The third kappa shape index (κ3) is 4.05. The molecule has 2 aromatic rings. The number of hydrogen-bond donors (Lipinski definition) is 1. The minimum atomic E-state index is 0.856. The average molecular weight is 283 g/mol. The van der Waals surface area contributed by atoms with Crippen molar-refractivity contribution in [3.63, 3.8) is 0 Å². The first-order valence-corrected chi connectivity index (χ1v) is 7.69. The third-order valence-corrected chi connectivity index (χ3v) is 3.55. The second kappa shape index (κ2) is 7.79. The highest BCUT2D eigenvalue weighted by Crippen LogP contribution is 2.27. The molecule has 0 aliphatic carbocycles. The summed E-state index contributed by atoms with van der Waals surface area (Å²) in [5.74, 6) is 1.06. The molecule has 3 nitrogen and oxygen atoms in total. The molecule has 1 N–H and O–H groups in total. The zero-order valence-corrected chi connectivity index (χ0v) is 13.3. The Morgan fingerprint density at radius 3 is 2.57 bits per heavy atom. The van der Waals surface area contributed by atoms with E-state index in [0.29, 0.717) is 0 Å². The molecule has 0 aliphatic rings. The molecule has 0 saturated carbocycles. The molecule has 112 valence electrons. The van der Waals surface area contributed by atoms with Crippen molar-refractivity contribution in [3.8, 4) is 0 Å². The molecular formula is C18H25N3. The molecular weight excluding hydrogens is 258 g/mol. The SMILES string of the molecule is CCCCN(c1ccccc1)c1ncc(CNC)cc1C. The molecule has 0 bridgehead atoms. The number of para-hydroxylation sites is 1. The van der Waals surface area contributed by atoms with Crippen LogP contribution in [-0.4, -0.2) is 18.6 Å². The van der Waals surface area contributed by atoms with E-state index in [4.69, 9.17) is 4.98 Å². The molecule has 3 heteroatoms. The summed E-state index contributed by atoms with van der Waals surface area (Å²) < 4.78 is 0. The van der Waals surface area contributed by atoms with Crippen LogP contribution in [0.5, 0.6) is 0 Å². The fraction of sp³-hybridized carbons (Fsp3) is 0.389. The first-order chi connectivity index (χ1) is 10.3. The summed E-state index contributed by atoms with van der Waals surface area (Å²) in [6, 6.07) is 12.7. The Labute approximate surface area is 128 Å². The van der Waals surface area contributed by atoms with Gasteiger partial charge >= 0.3 is 0 Å². The average Bonchev–Trinajstić information content (AvgIpc) is 2.51. The summed E-state index contributed by atoms with van der Waals surface area (Å²) in [6.07, 6.45) is 4.31. The predicted octanol–water partition coefficient (Wildman–Crippen LogP) is 4.05. The minimum Gasteiger partial charge on any atom is -0.326 e. The van der Waals surface area contributed by atoms with Crippen molar-refractivity contribution in [1.29, 1.82) is 0 Å². The number of unbranched alkanes of at least 4 members (excludes halogenated alkanes) is 1. The number of nitrogens with one attached hydrogen (secondary N) is 1. The Balaban J connectivity index is 2.32. The lowest BCUT2D eigenvalue weighted by atomic mass is 10.1. The van der Waals surface area contributed by atoms with E-state index in [1.54, 1.807) is 0 Å². The van der Waals surface area contributed by atoms with E-state index in [2.05, 4.69) is 60.5 Å². The summed E-state index contributed by atoms with van der Waals surface area (Å²) in [6.45, 7) is 6.22. The first-order valence-electron chi connectivity index (χ1n) is 7.69. The van der Waals surface area contributed by atoms with E-state index < -0.39 is 0 Å². The van der Waals surface area contributed by atoms with Gasteiger partial charge in [0.05, 0.1) is 0 Å². The highest BCUT2D eigenvalue weighted by atomic mass is 15.2. The van der Waals surface area contributed by atoms with E-state index in [0.717, 1.165) is 25.3 Å². The zero-order valence-electron chi connectivity index (χ0n) is 13.3. The number of rotatable bonds is 7. The molecule has 0 fully saturated rings. The van der Waals surface area contributed by atoms with Crippen molar-refractivity contribution in [2.24, 2.45) is 0 Å². The lowest BCUT2D eigenvalue weighted by Crippen LogP contribution is -2.21. The van der Waals surface area contributed by atoms with Crippen molar-refractivity contribution in [1.82, 2.24) is 10.3 Å². The highest BCUT2D eigenvalue weighted by molar-refractivity contribution is 5.62. The Hall–Kier alpha value is -1.87. The quantitative estimate of drug-likeness (QED) is 0.831. The summed E-state index contributed by atoms with van der Waals surface area (Å²) in [5.41, 5.74) is 3.66. The molecule has 0 saturated heterocycles. The first kappa shape index (κ1) is 15.5. The molecule has 1 aromatic carbocycles. The molecule has 1 heterocycles. The molecule has 0 spiro atoms. The fourth-order valence-electron chi connectivity index (χ4n) is 2.49. The van der Waals surface area contributed by atoms with Gasteiger partial charge in [0, 0.05) is 25.0 Å². The summed E-state index contributed by atoms with van der Waals surface area (Å²) in [4.78, 5) is 7.03. The molecule has 0 aliphatic heterocycles. The Morgan fingerprint density at radius 2 is 1.95 bits per heavy atom. The Bertz CT molecular complexity index is 552. The van der Waals surface area contributed by atoms with E-state index in [-0.39, 0.29) is 0 Å². The van der Waals surface area contributed by atoms with Gasteiger partial charge in [0.15, 0.2) is 0 Å². The molecule has 2 rings (SSSR count). The van der Waals surface area contributed by atoms with E-state index in [9.17, 15) is 0 Å². The minimum absolute atomic E-state index is 0.856. The van der Waals surface area contributed by atoms with Crippen molar-refractivity contribution < 1.29 is 0 Å². The topological polar surface area (TPSA) is 28.2 Å². The fourth-order valence-corrected chi connectivity index (χ4v) is 2.49. The van der Waals surface area contributed by atoms with Crippen molar-refractivity contribution in [3.05, 3.63) is 53.7 Å². The number of anilines is 2. The van der Waals surface area contributed by atoms with Gasteiger partial charge in [-0.25, -0.2) is 4.98 Å². The summed E-state index contributed by atoms with van der Waals surface area (Å²) >= 11 is 0. The Kier molecular flexibility index (Phi) is 5.76. The largest absolute Gasteiger partial charge is 0.326 e. The van der Waals surface area contributed by atoms with E-state index >= 15 is 0 Å². The van der Waals surface area contributed by atoms with E-state index in [1.165, 1.54) is 23.2 Å². The van der Waals surface area contributed by atoms with Gasteiger partial charge in [0.1, 0.15) is 5.82 Å². The standard InChI is InChI=1S/C18H25N3/c1-4-5-11-21(17-9-7-6-8-10-17)18-15(2)12-16(13-19-3)14-20-18/h6-10,12,14,19H,4-5,11,13H2,1-3H3. The monoisotopic (exact) mass is 283 g/mol. The van der Waals surface area contributed by atoms with Crippen LogP contribution in [-0.2, 0) is 6.54 Å². The maximum absolute atomic E-state index is 4.71. The van der Waals surface area contributed by atoms with Crippen LogP contribution in [0.4, 0.5) is 11.5 Å². The lowest BCUT2D eigenvalue weighted by molar-refractivity contribution is 0.774. The second-order valence-electron chi connectivity index (χ2n) is 5.36. The van der Waals surface area contributed by atoms with Crippen LogP contribution in [0.15, 0.2) is 42.6 Å². The third-order valence-electron chi connectivity index (χ3n) is 3.55. The normalized spacial score (nSPS) is 10.6. The number of hydrogen-bond acceptors (Lipinski definition) is 3. The van der Waals surface area contributed by atoms with Gasteiger partial charge in [-0.05, 0) is 49.7 Å². The smallest absolute Gasteiger partial charge is 0.135 e. The van der Waals surface area contributed by atoms with Crippen molar-refractivity contribution in [2.75, 3.05) is 18.5 Å². The molecule has 21 heavy (non-hydrogen) atoms. The van der Waals surface area contributed by atoms with E-state index in [1.807, 2.05) is 13.2 Å². The van der Waals surface area contributed by atoms with Gasteiger partial charge in [0.2, 0.25) is 0 Å². The van der Waals surface area contributed by atoms with Gasteiger partial charge in [-0.1, -0.05) is 31.5 Å². The zero-order chi connectivity index (χ0) is 15.1. The van der Waals surface area contributed by atoms with Crippen LogP contribution in [0.25, 0.3) is 0 Å². The van der Waals surface area contributed by atoms with Crippen LogP contribution in [0.2, 0.25) is 0 Å². The second-order valence-corrected chi connectivity index (χ2v) is 5.36. The van der Waals surface area contributed by atoms with Crippen LogP contribution >= 0.6 is 0 Å². The van der Waals surface area contributed by atoms with Crippen LogP contribution in [0.1, 0.15) is 30.9 Å². The number of aryl methyl sites for hydroxylation is 1. The molecule has 0 unspecified atom stereocenters. The number of benzene rings is 1. The maximum atomic E-state index is 4.71. The maximum Gasteiger partial charge on any atom is 0.135 e. The van der Waals surface area contributed by atoms with Crippen molar-refractivity contribution >= 4 is 11.5 Å². The van der Waals surface area contributed by atoms with Gasteiger partial charge in [-0.3, -0.25) is 0 Å². The lowest BCUT2D eigenvalue weighted by Gasteiger charge is -2.25. The van der Waals surface area contributed by atoms with Gasteiger partial charge in [-0.15, -0.1) is 0 Å². The van der Waals surface area contributed by atoms with Crippen molar-refractivity contribution in [2.45, 2.75) is 33.2 Å².